The predicted molar refractivity (Wildman–Crippen MR) is 50.3 cm³/mol. The van der Waals surface area contributed by atoms with Gasteiger partial charge in [-0.1, -0.05) is 6.08 Å². The lowest BCUT2D eigenvalue weighted by atomic mass is 10.3. The van der Waals surface area contributed by atoms with Gasteiger partial charge in [0.25, 0.3) is 10.1 Å². The van der Waals surface area contributed by atoms with Gasteiger partial charge >= 0.3 is 0 Å². The first-order valence-corrected chi connectivity index (χ1v) is 5.81. The van der Waals surface area contributed by atoms with Crippen LogP contribution in [0.15, 0.2) is 11.0 Å². The molecule has 0 spiro atoms. The van der Waals surface area contributed by atoms with Gasteiger partial charge in [-0.25, -0.2) is 0 Å². The van der Waals surface area contributed by atoms with Crippen LogP contribution in [0.25, 0.3) is 0 Å². The molecule has 72 valence electrons. The Balaban J connectivity index is 4.44. The number of halogens is 2. The highest BCUT2D eigenvalue weighted by molar-refractivity contribution is 7.89. The van der Waals surface area contributed by atoms with Crippen molar-refractivity contribution in [2.45, 2.75) is 12.8 Å². The number of rotatable bonds is 5. The van der Waals surface area contributed by atoms with Crippen molar-refractivity contribution in [2.24, 2.45) is 0 Å². The van der Waals surface area contributed by atoms with E-state index in [0.29, 0.717) is 12.3 Å². The zero-order chi connectivity index (χ0) is 9.61. The van der Waals surface area contributed by atoms with Crippen LogP contribution >= 0.6 is 23.2 Å². The maximum atomic E-state index is 10.6. The Morgan fingerprint density at radius 3 is 2.25 bits per heavy atom. The van der Waals surface area contributed by atoms with Crippen LogP contribution < -0.4 is 0 Å². The zero-order valence-corrected chi connectivity index (χ0v) is 8.66. The van der Waals surface area contributed by atoms with Crippen LogP contribution in [0.5, 0.6) is 0 Å². The van der Waals surface area contributed by atoms with Gasteiger partial charge in [0.1, 0.15) is 0 Å². The SMILES string of the molecule is O=S(=O)(O)/C(=C\CCCl)CCCl. The fourth-order valence-electron chi connectivity index (χ4n) is 0.645. The average molecular weight is 233 g/mol. The van der Waals surface area contributed by atoms with Crippen molar-refractivity contribution in [1.29, 1.82) is 0 Å². The summed E-state index contributed by atoms with van der Waals surface area (Å²) in [7, 11) is -4.08. The minimum Gasteiger partial charge on any atom is -0.282 e. The van der Waals surface area contributed by atoms with Crippen molar-refractivity contribution in [2.75, 3.05) is 11.8 Å². The van der Waals surface area contributed by atoms with Crippen molar-refractivity contribution in [3.8, 4) is 0 Å². The van der Waals surface area contributed by atoms with Crippen LogP contribution in [0.4, 0.5) is 0 Å². The van der Waals surface area contributed by atoms with Crippen molar-refractivity contribution in [1.82, 2.24) is 0 Å². The summed E-state index contributed by atoms with van der Waals surface area (Å²) >= 11 is 10.7. The van der Waals surface area contributed by atoms with Gasteiger partial charge in [-0.2, -0.15) is 8.42 Å². The molecule has 0 aliphatic heterocycles. The van der Waals surface area contributed by atoms with Crippen molar-refractivity contribution in [3.63, 3.8) is 0 Å². The maximum absolute atomic E-state index is 10.6. The van der Waals surface area contributed by atoms with E-state index in [1.54, 1.807) is 0 Å². The smallest absolute Gasteiger partial charge is 0.282 e. The number of hydrogen-bond donors (Lipinski definition) is 1. The highest BCUT2D eigenvalue weighted by Gasteiger charge is 2.11. The standard InChI is InChI=1S/C6H10Cl2O3S/c7-4-1-2-6(3-5-8)12(9,10)11/h2H,1,3-5H2,(H,9,10,11)/b6-2-. The molecule has 0 aromatic carbocycles. The molecule has 0 fully saturated rings. The zero-order valence-electron chi connectivity index (χ0n) is 6.33. The van der Waals surface area contributed by atoms with E-state index in [2.05, 4.69) is 0 Å². The molecule has 0 aromatic heterocycles. The topological polar surface area (TPSA) is 54.4 Å². The first-order valence-electron chi connectivity index (χ1n) is 3.31. The molecule has 1 N–H and O–H groups in total. The van der Waals surface area contributed by atoms with Crippen LogP contribution in [0.3, 0.4) is 0 Å². The summed E-state index contributed by atoms with van der Waals surface area (Å²) in [4.78, 5) is -0.0573. The second kappa shape index (κ2) is 5.80. The Bertz CT molecular complexity index is 246. The van der Waals surface area contributed by atoms with Gasteiger partial charge in [-0.3, -0.25) is 4.55 Å². The van der Waals surface area contributed by atoms with E-state index in [-0.39, 0.29) is 17.2 Å². The Hall–Kier alpha value is 0.230. The molecular formula is C6H10Cl2O3S. The van der Waals surface area contributed by atoms with Gasteiger partial charge in [0.15, 0.2) is 0 Å². The summed E-state index contributed by atoms with van der Waals surface area (Å²) in [5.74, 6) is 0.481. The molecule has 3 nitrogen and oxygen atoms in total. The average Bonchev–Trinajstić information content (AvgIpc) is 1.95. The van der Waals surface area contributed by atoms with Crippen LogP contribution in [0.1, 0.15) is 12.8 Å². The number of hydrogen-bond acceptors (Lipinski definition) is 2. The molecule has 0 atom stereocenters. The molecule has 0 rings (SSSR count). The molecule has 0 saturated heterocycles. The van der Waals surface area contributed by atoms with E-state index in [1.807, 2.05) is 0 Å². The molecule has 0 unspecified atom stereocenters. The van der Waals surface area contributed by atoms with Gasteiger partial charge in [-0.15, -0.1) is 23.2 Å². The number of alkyl halides is 2. The normalized spacial score (nSPS) is 13.4. The van der Waals surface area contributed by atoms with Gasteiger partial charge in [-0.05, 0) is 12.8 Å². The predicted octanol–water partition coefficient (Wildman–Crippen LogP) is 2.02. The van der Waals surface area contributed by atoms with E-state index in [4.69, 9.17) is 27.8 Å². The van der Waals surface area contributed by atoms with Crippen LogP contribution in [0.2, 0.25) is 0 Å². The third kappa shape index (κ3) is 4.98. The molecule has 0 aliphatic carbocycles. The second-order valence-corrected chi connectivity index (χ2v) is 4.29. The highest BCUT2D eigenvalue weighted by Crippen LogP contribution is 2.11. The Labute approximate surface area is 82.1 Å². The molecule has 0 aliphatic rings. The molecule has 0 heterocycles. The fraction of sp³-hybridized carbons (Fsp3) is 0.667. The lowest BCUT2D eigenvalue weighted by Gasteiger charge is -1.99. The summed E-state index contributed by atoms with van der Waals surface area (Å²) in [5, 5.41) is 0. The Kier molecular flexibility index (Phi) is 5.92. The van der Waals surface area contributed by atoms with E-state index < -0.39 is 10.1 Å². The highest BCUT2D eigenvalue weighted by atomic mass is 35.5. The molecule has 0 radical (unpaired) electrons. The molecule has 0 aromatic rings. The van der Waals surface area contributed by atoms with Crippen molar-refractivity contribution < 1.29 is 13.0 Å². The third-order valence-electron chi connectivity index (χ3n) is 1.15. The molecule has 0 bridgehead atoms. The molecular weight excluding hydrogens is 223 g/mol. The van der Waals surface area contributed by atoms with E-state index in [9.17, 15) is 8.42 Å². The molecule has 0 saturated carbocycles. The summed E-state index contributed by atoms with van der Waals surface area (Å²) in [6.07, 6.45) is 1.93. The molecule has 0 amide bonds. The summed E-state index contributed by atoms with van der Waals surface area (Å²) in [6.45, 7) is 0. The fourth-order valence-corrected chi connectivity index (χ4v) is 1.76. The van der Waals surface area contributed by atoms with Gasteiger partial charge in [0.05, 0.1) is 4.91 Å². The first-order chi connectivity index (χ1) is 5.52. The Morgan fingerprint density at radius 1 is 1.33 bits per heavy atom. The summed E-state index contributed by atoms with van der Waals surface area (Å²) in [5.41, 5.74) is 0. The number of allylic oxidation sites excluding steroid dienone is 2. The minimum absolute atomic E-state index is 0.0573. The van der Waals surface area contributed by atoms with Gasteiger partial charge < -0.3 is 0 Å². The largest absolute Gasteiger partial charge is 0.290 e. The molecule has 6 heteroatoms. The van der Waals surface area contributed by atoms with Crippen LogP contribution in [-0.4, -0.2) is 24.7 Å². The molecule has 12 heavy (non-hydrogen) atoms. The monoisotopic (exact) mass is 232 g/mol. The Morgan fingerprint density at radius 2 is 1.92 bits per heavy atom. The summed E-state index contributed by atoms with van der Waals surface area (Å²) in [6, 6.07) is 0. The van der Waals surface area contributed by atoms with Gasteiger partial charge in [0.2, 0.25) is 0 Å². The van der Waals surface area contributed by atoms with Crippen LogP contribution in [0, 0.1) is 0 Å². The lowest BCUT2D eigenvalue weighted by molar-refractivity contribution is 0.489. The van der Waals surface area contributed by atoms with Crippen molar-refractivity contribution >= 4 is 33.3 Å². The van der Waals surface area contributed by atoms with Crippen molar-refractivity contribution in [3.05, 3.63) is 11.0 Å². The van der Waals surface area contributed by atoms with Crippen LogP contribution in [-0.2, 0) is 10.1 Å². The summed E-state index contributed by atoms with van der Waals surface area (Å²) < 4.78 is 29.9. The second-order valence-electron chi connectivity index (χ2n) is 2.06. The maximum Gasteiger partial charge on any atom is 0.290 e. The van der Waals surface area contributed by atoms with Gasteiger partial charge in [0, 0.05) is 11.8 Å². The quantitative estimate of drug-likeness (QED) is 0.583. The van der Waals surface area contributed by atoms with E-state index >= 15 is 0 Å². The minimum atomic E-state index is -4.08. The first kappa shape index (κ1) is 12.2. The lowest BCUT2D eigenvalue weighted by Crippen LogP contribution is -2.02. The van der Waals surface area contributed by atoms with E-state index in [1.165, 1.54) is 6.08 Å². The van der Waals surface area contributed by atoms with E-state index in [0.717, 1.165) is 0 Å². The third-order valence-corrected chi connectivity index (χ3v) is 2.59.